The van der Waals surface area contributed by atoms with Gasteiger partial charge in [0.25, 0.3) is 0 Å². The molecule has 1 atom stereocenters. The number of nitrogens with zero attached hydrogens (tertiary/aromatic N) is 2. The van der Waals surface area contributed by atoms with Crippen LogP contribution in [0.1, 0.15) is 62.1 Å². The fraction of sp³-hybridized carbons (Fsp3) is 0.714. The third-order valence-corrected chi connectivity index (χ3v) is 6.14. The Kier molecular flexibility index (Phi) is 5.39. The zero-order valence-electron chi connectivity index (χ0n) is 15.0. The first-order chi connectivity index (χ1) is 11.9. The second-order valence-electron chi connectivity index (χ2n) is 7.73. The smallest absolute Gasteiger partial charge is 0.122 e. The van der Waals surface area contributed by atoms with E-state index in [0.29, 0.717) is 6.04 Å². The van der Waals surface area contributed by atoms with Crippen LogP contribution in [0.5, 0.6) is 5.75 Å². The van der Waals surface area contributed by atoms with Gasteiger partial charge in [-0.3, -0.25) is 9.80 Å². The van der Waals surface area contributed by atoms with Crippen molar-refractivity contribution in [3.8, 4) is 5.75 Å². The van der Waals surface area contributed by atoms with E-state index < -0.39 is 0 Å². The number of hydrogen-bond donors (Lipinski definition) is 0. The van der Waals surface area contributed by atoms with E-state index in [1.165, 1.54) is 83.1 Å². The molecule has 3 nitrogen and oxygen atoms in total. The molecular weight excluding hydrogens is 296 g/mol. The van der Waals surface area contributed by atoms with E-state index in [4.69, 9.17) is 4.74 Å². The zero-order valence-corrected chi connectivity index (χ0v) is 15.0. The van der Waals surface area contributed by atoms with E-state index in [-0.39, 0.29) is 0 Å². The fourth-order valence-corrected chi connectivity index (χ4v) is 4.81. The summed E-state index contributed by atoms with van der Waals surface area (Å²) in [6.45, 7) is 7.00. The summed E-state index contributed by atoms with van der Waals surface area (Å²) in [5.74, 6) is 1.16. The molecule has 0 N–H and O–H groups in total. The maximum Gasteiger partial charge on any atom is 0.122 e. The molecule has 1 aromatic rings. The number of fused-ring (bicyclic) bond motifs is 1. The molecule has 3 heteroatoms. The lowest BCUT2D eigenvalue weighted by molar-refractivity contribution is 0.163. The Balaban J connectivity index is 1.37. The highest BCUT2D eigenvalue weighted by Gasteiger charge is 2.30. The molecule has 0 amide bonds. The van der Waals surface area contributed by atoms with Crippen molar-refractivity contribution in [1.29, 1.82) is 0 Å². The van der Waals surface area contributed by atoms with E-state index >= 15 is 0 Å². The van der Waals surface area contributed by atoms with E-state index in [1.54, 1.807) is 5.56 Å². The van der Waals surface area contributed by atoms with Gasteiger partial charge in [0.15, 0.2) is 0 Å². The Morgan fingerprint density at radius 2 is 1.67 bits per heavy atom. The largest absolute Gasteiger partial charge is 0.492 e. The monoisotopic (exact) mass is 328 g/mol. The molecule has 1 aromatic carbocycles. The van der Waals surface area contributed by atoms with Crippen molar-refractivity contribution in [2.24, 2.45) is 0 Å². The fourth-order valence-electron chi connectivity index (χ4n) is 4.81. The number of rotatable bonds is 5. The maximum atomic E-state index is 6.23. The second kappa shape index (κ2) is 7.88. The molecule has 1 aliphatic carbocycles. The Hall–Kier alpha value is -1.06. The number of benzene rings is 1. The van der Waals surface area contributed by atoms with Crippen LogP contribution in [-0.2, 0) is 6.42 Å². The summed E-state index contributed by atoms with van der Waals surface area (Å²) < 4.78 is 6.23. The van der Waals surface area contributed by atoms with Crippen LogP contribution in [0, 0.1) is 0 Å². The minimum Gasteiger partial charge on any atom is -0.492 e. The van der Waals surface area contributed by atoms with E-state index in [9.17, 15) is 0 Å². The SMILES string of the molecule is c1cc(OCCN2CCCCC2)c2c(c1)C(N1CCCCC1)CC2. The van der Waals surface area contributed by atoms with Crippen molar-refractivity contribution in [3.05, 3.63) is 29.3 Å². The Morgan fingerprint density at radius 3 is 2.46 bits per heavy atom. The lowest BCUT2D eigenvalue weighted by atomic mass is 10.0. The molecule has 24 heavy (non-hydrogen) atoms. The van der Waals surface area contributed by atoms with E-state index in [2.05, 4.69) is 28.0 Å². The van der Waals surface area contributed by atoms with Crippen molar-refractivity contribution in [2.45, 2.75) is 57.4 Å². The first-order valence-corrected chi connectivity index (χ1v) is 10.1. The van der Waals surface area contributed by atoms with Crippen LogP contribution in [0.3, 0.4) is 0 Å². The standard InChI is InChI=1S/C21H32N2O/c1-3-12-22(13-4-1)16-17-24-21-9-7-8-18-19(21)10-11-20(18)23-14-5-2-6-15-23/h7-9,20H,1-6,10-17H2. The molecule has 0 spiro atoms. The molecule has 2 fully saturated rings. The molecule has 0 aromatic heterocycles. The molecule has 4 rings (SSSR count). The van der Waals surface area contributed by atoms with Crippen molar-refractivity contribution >= 4 is 0 Å². The summed E-state index contributed by atoms with van der Waals surface area (Å²) in [5.41, 5.74) is 3.04. The third-order valence-electron chi connectivity index (χ3n) is 6.14. The Morgan fingerprint density at radius 1 is 0.917 bits per heavy atom. The van der Waals surface area contributed by atoms with E-state index in [1.807, 2.05) is 0 Å². The second-order valence-corrected chi connectivity index (χ2v) is 7.73. The normalized spacial score (nSPS) is 25.6. The van der Waals surface area contributed by atoms with Gasteiger partial charge >= 0.3 is 0 Å². The molecular formula is C21H32N2O. The van der Waals surface area contributed by atoms with Crippen LogP contribution in [0.15, 0.2) is 18.2 Å². The number of ether oxygens (including phenoxy) is 1. The Labute approximate surface area is 147 Å². The van der Waals surface area contributed by atoms with Crippen molar-refractivity contribution in [1.82, 2.24) is 9.80 Å². The van der Waals surface area contributed by atoms with Gasteiger partial charge in [-0.15, -0.1) is 0 Å². The molecule has 1 unspecified atom stereocenters. The summed E-state index contributed by atoms with van der Waals surface area (Å²) in [4.78, 5) is 5.27. The Bertz CT molecular complexity index is 533. The predicted molar refractivity (Wildman–Crippen MR) is 98.7 cm³/mol. The van der Waals surface area contributed by atoms with Crippen molar-refractivity contribution in [3.63, 3.8) is 0 Å². The van der Waals surface area contributed by atoms with Crippen LogP contribution in [0.2, 0.25) is 0 Å². The van der Waals surface area contributed by atoms with Crippen LogP contribution < -0.4 is 4.74 Å². The van der Waals surface area contributed by atoms with Gasteiger partial charge in [0.2, 0.25) is 0 Å². The first-order valence-electron chi connectivity index (χ1n) is 10.1. The highest BCUT2D eigenvalue weighted by Crippen LogP contribution is 2.41. The topological polar surface area (TPSA) is 15.7 Å². The number of likely N-dealkylation sites (tertiary alicyclic amines) is 2. The summed E-state index contributed by atoms with van der Waals surface area (Å²) in [7, 11) is 0. The van der Waals surface area contributed by atoms with Crippen LogP contribution in [-0.4, -0.2) is 49.1 Å². The average Bonchev–Trinajstić information content (AvgIpc) is 3.08. The van der Waals surface area contributed by atoms with Crippen molar-refractivity contribution in [2.75, 3.05) is 39.3 Å². The predicted octanol–water partition coefficient (Wildman–Crippen LogP) is 4.02. The molecule has 3 aliphatic rings. The minimum absolute atomic E-state index is 0.644. The molecule has 0 bridgehead atoms. The molecule has 2 heterocycles. The summed E-state index contributed by atoms with van der Waals surface area (Å²) >= 11 is 0. The summed E-state index contributed by atoms with van der Waals surface area (Å²) in [5, 5.41) is 0. The first kappa shape index (κ1) is 16.4. The van der Waals surface area contributed by atoms with Crippen LogP contribution in [0.4, 0.5) is 0 Å². The quantitative estimate of drug-likeness (QED) is 0.812. The zero-order chi connectivity index (χ0) is 16.2. The van der Waals surface area contributed by atoms with Gasteiger partial charge in [-0.25, -0.2) is 0 Å². The van der Waals surface area contributed by atoms with Crippen LogP contribution >= 0.6 is 0 Å². The van der Waals surface area contributed by atoms with Gasteiger partial charge in [0.05, 0.1) is 0 Å². The van der Waals surface area contributed by atoms with Crippen LogP contribution in [0.25, 0.3) is 0 Å². The van der Waals surface area contributed by atoms with E-state index in [0.717, 1.165) is 18.9 Å². The van der Waals surface area contributed by atoms with Crippen molar-refractivity contribution < 1.29 is 4.74 Å². The maximum absolute atomic E-state index is 6.23. The molecule has 2 aliphatic heterocycles. The highest BCUT2D eigenvalue weighted by molar-refractivity contribution is 5.45. The molecule has 0 saturated carbocycles. The highest BCUT2D eigenvalue weighted by atomic mass is 16.5. The molecule has 0 radical (unpaired) electrons. The number of hydrogen-bond acceptors (Lipinski definition) is 3. The van der Waals surface area contributed by atoms with Gasteiger partial charge < -0.3 is 4.74 Å². The van der Waals surface area contributed by atoms with Gasteiger partial charge in [0, 0.05) is 12.6 Å². The minimum atomic E-state index is 0.644. The average molecular weight is 329 g/mol. The van der Waals surface area contributed by atoms with Gasteiger partial charge in [-0.1, -0.05) is 25.0 Å². The lowest BCUT2D eigenvalue weighted by Crippen LogP contribution is -2.33. The lowest BCUT2D eigenvalue weighted by Gasteiger charge is -2.32. The third kappa shape index (κ3) is 3.62. The van der Waals surface area contributed by atoms with Gasteiger partial charge in [-0.05, 0) is 81.9 Å². The molecule has 2 saturated heterocycles. The van der Waals surface area contributed by atoms with Gasteiger partial charge in [0.1, 0.15) is 12.4 Å². The number of piperidine rings is 2. The molecule has 132 valence electrons. The van der Waals surface area contributed by atoms with Gasteiger partial charge in [-0.2, -0.15) is 0 Å². The summed E-state index contributed by atoms with van der Waals surface area (Å²) in [6.07, 6.45) is 10.8. The summed E-state index contributed by atoms with van der Waals surface area (Å²) in [6, 6.07) is 7.38.